The van der Waals surface area contributed by atoms with E-state index in [-0.39, 0.29) is 36.4 Å². The first kappa shape index (κ1) is 35.2. The maximum absolute atomic E-state index is 12.0. The fourth-order valence-corrected chi connectivity index (χ4v) is 2.69. The van der Waals surface area contributed by atoms with Crippen molar-refractivity contribution in [1.29, 1.82) is 0 Å². The van der Waals surface area contributed by atoms with Gasteiger partial charge in [-0.25, -0.2) is 14.8 Å². The lowest BCUT2D eigenvalue weighted by atomic mass is 10.3. The largest absolute Gasteiger partial charge is 0.475 e. The molecule has 4 aromatic rings. The van der Waals surface area contributed by atoms with Crippen molar-refractivity contribution in [2.24, 2.45) is 5.73 Å². The summed E-state index contributed by atoms with van der Waals surface area (Å²) < 4.78 is 78.4. The minimum absolute atomic E-state index is 0. The van der Waals surface area contributed by atoms with Gasteiger partial charge in [0.25, 0.3) is 5.91 Å². The Morgan fingerprint density at radius 2 is 1.29 bits per heavy atom. The van der Waals surface area contributed by atoms with Crippen LogP contribution in [0, 0.1) is 13.8 Å². The molecule has 4 aromatic heterocycles. The smallest absolute Gasteiger partial charge is 0.405 e. The van der Waals surface area contributed by atoms with Gasteiger partial charge in [-0.05, 0) is 38.1 Å². The van der Waals surface area contributed by atoms with E-state index in [9.17, 15) is 35.9 Å². The number of hydrogen-bond acceptors (Lipinski definition) is 9. The lowest BCUT2D eigenvalue weighted by Crippen LogP contribution is -2.33. The average Bonchev–Trinajstić information content (AvgIpc) is 3.51. The zero-order valence-corrected chi connectivity index (χ0v) is 21.2. The van der Waals surface area contributed by atoms with Gasteiger partial charge in [0.1, 0.15) is 6.54 Å². The van der Waals surface area contributed by atoms with Gasteiger partial charge < -0.3 is 25.0 Å². The van der Waals surface area contributed by atoms with Gasteiger partial charge >= 0.3 is 18.3 Å². The average molecular weight is 605 g/mol. The number of aryl methyl sites for hydroxylation is 2. The molecule has 0 aromatic carbocycles. The Bertz CT molecular complexity index is 1420. The van der Waals surface area contributed by atoms with Gasteiger partial charge in [-0.3, -0.25) is 14.8 Å². The summed E-state index contributed by atoms with van der Waals surface area (Å²) in [6.45, 7) is 0.417. The highest BCUT2D eigenvalue weighted by Gasteiger charge is 2.29. The normalized spacial score (nSPS) is 10.8. The van der Waals surface area contributed by atoms with E-state index in [0.717, 1.165) is 0 Å². The highest BCUT2D eigenvalue weighted by molar-refractivity contribution is 5.92. The standard InChI is InChI=1S/C12H10F3N3O2.C10H8N2O3.C2H4F3N.CH4/c1-7-9(10(19)17-6-12(13,14)15)20-11(18-7)8-3-2-4-16-5-8;1-6-8(10(13)14)15-9(12-6)7-3-2-4-11-5-7;3-2(4,5)1-6;/h2-5H,6H2,1H3,(H,17,19);2-5H,1H3,(H,13,14);1,6H2;1H4. The SMILES string of the molecule is C.Cc1nc(-c2cccnc2)oc1C(=O)NCC(F)(F)F.Cc1nc(-c2cccnc2)oc1C(=O)O.NCC(F)(F)F. The van der Waals surface area contributed by atoms with Crippen LogP contribution in [0.25, 0.3) is 22.9 Å². The molecular weight excluding hydrogens is 578 g/mol. The third kappa shape index (κ3) is 11.4. The van der Waals surface area contributed by atoms with Crippen molar-refractivity contribution >= 4 is 11.9 Å². The summed E-state index contributed by atoms with van der Waals surface area (Å²) in [5.41, 5.74) is 5.95. The Kier molecular flexibility index (Phi) is 12.8. The number of carbonyl (C=O) groups is 2. The number of carbonyl (C=O) groups excluding carboxylic acids is 1. The predicted octanol–water partition coefficient (Wildman–Crippen LogP) is 5.22. The van der Waals surface area contributed by atoms with Crippen LogP contribution in [0.3, 0.4) is 0 Å². The highest BCUT2D eigenvalue weighted by Crippen LogP contribution is 2.22. The number of nitrogens with one attached hydrogen (secondary N) is 1. The van der Waals surface area contributed by atoms with Gasteiger partial charge in [0.2, 0.25) is 23.3 Å². The van der Waals surface area contributed by atoms with E-state index in [1.807, 2.05) is 0 Å². The Hall–Kier alpha value is -4.80. The summed E-state index contributed by atoms with van der Waals surface area (Å²) in [6.07, 6.45) is -2.44. The van der Waals surface area contributed by atoms with Crippen LogP contribution in [0.2, 0.25) is 0 Å². The number of pyridine rings is 2. The second-order valence-electron chi connectivity index (χ2n) is 7.77. The molecule has 17 heteroatoms. The third-order valence-corrected chi connectivity index (χ3v) is 4.49. The van der Waals surface area contributed by atoms with Gasteiger partial charge in [0.15, 0.2) is 0 Å². The van der Waals surface area contributed by atoms with Gasteiger partial charge in [0.05, 0.1) is 29.1 Å². The van der Waals surface area contributed by atoms with E-state index in [4.69, 9.17) is 13.9 Å². The molecule has 0 aliphatic rings. The number of hydrogen-bond donors (Lipinski definition) is 3. The van der Waals surface area contributed by atoms with Gasteiger partial charge in [-0.1, -0.05) is 7.43 Å². The summed E-state index contributed by atoms with van der Waals surface area (Å²) in [7, 11) is 0. The minimum Gasteiger partial charge on any atom is -0.475 e. The fraction of sp³-hybridized carbons (Fsp3) is 0.280. The number of carboxylic acid groups (broad SMARTS) is 1. The summed E-state index contributed by atoms with van der Waals surface area (Å²) in [6, 6.07) is 6.80. The van der Waals surface area contributed by atoms with Crippen LogP contribution in [-0.2, 0) is 0 Å². The molecule has 228 valence electrons. The molecule has 11 nitrogen and oxygen atoms in total. The van der Waals surface area contributed by atoms with Crippen LogP contribution in [0.1, 0.15) is 39.9 Å². The number of carboxylic acids is 1. The Labute approximate surface area is 234 Å². The Morgan fingerprint density at radius 1 is 0.857 bits per heavy atom. The molecule has 0 aliphatic heterocycles. The second kappa shape index (κ2) is 15.3. The Balaban J connectivity index is 0.000000354. The lowest BCUT2D eigenvalue weighted by Gasteiger charge is -2.06. The summed E-state index contributed by atoms with van der Waals surface area (Å²) in [5, 5.41) is 10.5. The van der Waals surface area contributed by atoms with Crippen LogP contribution >= 0.6 is 0 Å². The quantitative estimate of drug-likeness (QED) is 0.257. The molecular formula is C25H26F6N6O5. The monoisotopic (exact) mass is 604 g/mol. The molecule has 0 radical (unpaired) electrons. The molecule has 0 saturated carbocycles. The number of aromatic nitrogens is 4. The summed E-state index contributed by atoms with van der Waals surface area (Å²) in [5.74, 6) is -2.04. The van der Waals surface area contributed by atoms with Crippen molar-refractivity contribution in [3.63, 3.8) is 0 Å². The number of nitrogens with zero attached hydrogens (tertiary/aromatic N) is 4. The van der Waals surface area contributed by atoms with Crippen molar-refractivity contribution in [2.75, 3.05) is 13.1 Å². The van der Waals surface area contributed by atoms with Gasteiger partial charge in [0, 0.05) is 24.8 Å². The first-order chi connectivity index (χ1) is 19.1. The lowest BCUT2D eigenvalue weighted by molar-refractivity contribution is -0.123. The van der Waals surface area contributed by atoms with Crippen molar-refractivity contribution in [3.05, 3.63) is 72.0 Å². The maximum atomic E-state index is 12.0. The first-order valence-electron chi connectivity index (χ1n) is 11.2. The molecule has 1 amide bonds. The molecule has 0 fully saturated rings. The molecule has 4 rings (SSSR count). The number of aromatic carboxylic acids is 1. The van der Waals surface area contributed by atoms with E-state index in [1.165, 1.54) is 13.1 Å². The van der Waals surface area contributed by atoms with Crippen molar-refractivity contribution < 1.29 is 49.9 Å². The van der Waals surface area contributed by atoms with E-state index in [1.54, 1.807) is 55.1 Å². The van der Waals surface area contributed by atoms with Crippen LogP contribution in [0.5, 0.6) is 0 Å². The molecule has 42 heavy (non-hydrogen) atoms. The first-order valence-corrected chi connectivity index (χ1v) is 11.2. The van der Waals surface area contributed by atoms with Crippen molar-refractivity contribution in [1.82, 2.24) is 25.3 Å². The third-order valence-electron chi connectivity index (χ3n) is 4.49. The molecule has 0 bridgehead atoms. The van der Waals surface area contributed by atoms with Crippen LogP contribution in [0.15, 0.2) is 57.9 Å². The van der Waals surface area contributed by atoms with E-state index in [0.29, 0.717) is 16.8 Å². The topological polar surface area (TPSA) is 170 Å². The summed E-state index contributed by atoms with van der Waals surface area (Å²) in [4.78, 5) is 38.1. The number of oxazole rings is 2. The number of nitrogens with two attached hydrogens (primary N) is 1. The number of alkyl halides is 6. The molecule has 0 spiro atoms. The zero-order chi connectivity index (χ0) is 30.8. The van der Waals surface area contributed by atoms with Gasteiger partial charge in [-0.15, -0.1) is 0 Å². The molecule has 4 heterocycles. The number of rotatable bonds is 5. The van der Waals surface area contributed by atoms with Gasteiger partial charge in [-0.2, -0.15) is 26.3 Å². The van der Waals surface area contributed by atoms with E-state index in [2.05, 4.69) is 25.7 Å². The second-order valence-corrected chi connectivity index (χ2v) is 7.77. The molecule has 0 unspecified atom stereocenters. The predicted molar refractivity (Wildman–Crippen MR) is 136 cm³/mol. The molecule has 0 atom stereocenters. The van der Waals surface area contributed by atoms with E-state index < -0.39 is 37.3 Å². The number of amides is 1. The van der Waals surface area contributed by atoms with Crippen LogP contribution in [0.4, 0.5) is 26.3 Å². The minimum atomic E-state index is -4.48. The zero-order valence-electron chi connectivity index (χ0n) is 21.2. The molecule has 0 saturated heterocycles. The molecule has 0 aliphatic carbocycles. The van der Waals surface area contributed by atoms with Crippen LogP contribution in [-0.4, -0.2) is 62.4 Å². The van der Waals surface area contributed by atoms with Crippen molar-refractivity contribution in [2.45, 2.75) is 33.6 Å². The highest BCUT2D eigenvalue weighted by atomic mass is 19.4. The fourth-order valence-electron chi connectivity index (χ4n) is 2.69. The molecule has 4 N–H and O–H groups in total. The summed E-state index contributed by atoms with van der Waals surface area (Å²) >= 11 is 0. The Morgan fingerprint density at radius 3 is 1.62 bits per heavy atom. The maximum Gasteiger partial charge on any atom is 0.405 e. The van der Waals surface area contributed by atoms with Crippen LogP contribution < -0.4 is 11.1 Å². The van der Waals surface area contributed by atoms with E-state index >= 15 is 0 Å². The number of halogens is 6. The van der Waals surface area contributed by atoms with Crippen molar-refractivity contribution in [3.8, 4) is 22.9 Å².